The zero-order chi connectivity index (χ0) is 16.2. The lowest BCUT2D eigenvalue weighted by Crippen LogP contribution is -2.39. The molecule has 1 aliphatic heterocycles. The zero-order valence-corrected chi connectivity index (χ0v) is 14.2. The van der Waals surface area contributed by atoms with Gasteiger partial charge < -0.3 is 9.26 Å². The Labute approximate surface area is 136 Å². The van der Waals surface area contributed by atoms with Crippen molar-refractivity contribution in [2.75, 3.05) is 13.1 Å². The van der Waals surface area contributed by atoms with Gasteiger partial charge in [-0.25, -0.2) is 0 Å². The highest BCUT2D eigenvalue weighted by Crippen LogP contribution is 2.18. The average Bonchev–Trinajstić information content (AvgIpc) is 3.12. The Kier molecular flexibility index (Phi) is 5.07. The van der Waals surface area contributed by atoms with E-state index in [2.05, 4.69) is 33.3 Å². The molecule has 0 unspecified atom stereocenters. The molecule has 2 aromatic heterocycles. The summed E-state index contributed by atoms with van der Waals surface area (Å²) in [5.74, 6) is 1.31. The summed E-state index contributed by atoms with van der Waals surface area (Å²) in [6.07, 6.45) is 5.33. The van der Waals surface area contributed by atoms with E-state index < -0.39 is 0 Å². The molecule has 0 aliphatic carbocycles. The fraction of sp³-hybridized carbons (Fsp3) is 0.688. The first-order chi connectivity index (χ1) is 11.1. The van der Waals surface area contributed by atoms with E-state index >= 15 is 0 Å². The summed E-state index contributed by atoms with van der Waals surface area (Å²) in [4.78, 5) is 6.72. The van der Waals surface area contributed by atoms with Gasteiger partial charge in [0.2, 0.25) is 0 Å². The molecule has 2 aromatic rings. The Bertz CT molecular complexity index is 636. The van der Waals surface area contributed by atoms with Crippen LogP contribution in [0.1, 0.15) is 42.7 Å². The molecule has 7 nitrogen and oxygen atoms in total. The molecule has 1 fully saturated rings. The third-order valence-corrected chi connectivity index (χ3v) is 4.24. The highest BCUT2D eigenvalue weighted by atomic mass is 16.5. The molecule has 3 heterocycles. The average molecular weight is 319 g/mol. The fourth-order valence-corrected chi connectivity index (χ4v) is 3.02. The van der Waals surface area contributed by atoms with E-state index in [1.165, 1.54) is 5.56 Å². The van der Waals surface area contributed by atoms with E-state index in [4.69, 9.17) is 9.26 Å². The second-order valence-electron chi connectivity index (χ2n) is 6.18. The summed E-state index contributed by atoms with van der Waals surface area (Å²) in [7, 11) is 1.97. The third kappa shape index (κ3) is 4.17. The minimum atomic E-state index is 0.220. The van der Waals surface area contributed by atoms with Crippen molar-refractivity contribution in [1.82, 2.24) is 24.8 Å². The van der Waals surface area contributed by atoms with Crippen molar-refractivity contribution >= 4 is 0 Å². The molecule has 1 saturated heterocycles. The topological polar surface area (TPSA) is 69.2 Å². The van der Waals surface area contributed by atoms with Crippen LogP contribution < -0.4 is 0 Å². The van der Waals surface area contributed by atoms with Gasteiger partial charge in [0.15, 0.2) is 5.82 Å². The second-order valence-corrected chi connectivity index (χ2v) is 6.18. The number of rotatable bonds is 6. The maximum Gasteiger partial charge on any atom is 0.252 e. The van der Waals surface area contributed by atoms with Crippen molar-refractivity contribution in [3.05, 3.63) is 29.2 Å². The summed E-state index contributed by atoms with van der Waals surface area (Å²) in [6, 6.07) is 0. The number of ether oxygens (including phenoxy) is 1. The minimum Gasteiger partial charge on any atom is -0.367 e. The third-order valence-electron chi connectivity index (χ3n) is 4.24. The van der Waals surface area contributed by atoms with Crippen molar-refractivity contribution in [1.29, 1.82) is 0 Å². The Morgan fingerprint density at radius 3 is 3.00 bits per heavy atom. The van der Waals surface area contributed by atoms with Gasteiger partial charge in [0.05, 0.1) is 11.8 Å². The van der Waals surface area contributed by atoms with Crippen LogP contribution in [-0.4, -0.2) is 44.0 Å². The first-order valence-electron chi connectivity index (χ1n) is 8.28. The van der Waals surface area contributed by atoms with Gasteiger partial charge in [-0.05, 0) is 26.3 Å². The lowest BCUT2D eigenvalue weighted by molar-refractivity contribution is -0.0211. The van der Waals surface area contributed by atoms with Gasteiger partial charge in [0.25, 0.3) is 5.89 Å². The molecule has 0 amide bonds. The molecular weight excluding hydrogens is 294 g/mol. The van der Waals surface area contributed by atoms with E-state index in [1.807, 2.05) is 18.7 Å². The lowest BCUT2D eigenvalue weighted by atomic mass is 10.1. The number of hydrogen-bond acceptors (Lipinski definition) is 6. The SMILES string of the molecule is CCc1noc(CO[C@@H]2CCCN(Cc3cn(C)nc3C)C2)n1. The van der Waals surface area contributed by atoms with Crippen LogP contribution in [-0.2, 0) is 31.4 Å². The van der Waals surface area contributed by atoms with Crippen LogP contribution in [0.3, 0.4) is 0 Å². The monoisotopic (exact) mass is 319 g/mol. The number of nitrogens with zero attached hydrogens (tertiary/aromatic N) is 5. The van der Waals surface area contributed by atoms with E-state index in [0.29, 0.717) is 12.5 Å². The Hall–Kier alpha value is -1.73. The summed E-state index contributed by atoms with van der Waals surface area (Å²) >= 11 is 0. The van der Waals surface area contributed by atoms with Gasteiger partial charge in [-0.2, -0.15) is 10.1 Å². The first-order valence-corrected chi connectivity index (χ1v) is 8.28. The van der Waals surface area contributed by atoms with Crippen molar-refractivity contribution in [3.8, 4) is 0 Å². The normalized spacial score (nSPS) is 19.3. The molecule has 0 spiro atoms. The van der Waals surface area contributed by atoms with E-state index in [-0.39, 0.29) is 6.10 Å². The summed E-state index contributed by atoms with van der Waals surface area (Å²) in [5.41, 5.74) is 2.39. The minimum absolute atomic E-state index is 0.220. The summed E-state index contributed by atoms with van der Waals surface area (Å²) in [6.45, 7) is 7.44. The van der Waals surface area contributed by atoms with Crippen LogP contribution in [0.25, 0.3) is 0 Å². The van der Waals surface area contributed by atoms with E-state index in [9.17, 15) is 0 Å². The standard InChI is InChI=1S/C16H25N5O2/c1-4-15-17-16(23-19-15)11-22-14-6-5-7-21(10-14)9-13-8-20(3)18-12(13)2/h8,14H,4-7,9-11H2,1-3H3/t14-/m1/s1. The lowest BCUT2D eigenvalue weighted by Gasteiger charge is -2.32. The first kappa shape index (κ1) is 16.1. The van der Waals surface area contributed by atoms with Crippen molar-refractivity contribution in [2.24, 2.45) is 7.05 Å². The molecule has 0 N–H and O–H groups in total. The molecule has 7 heteroatoms. The number of aromatic nitrogens is 4. The largest absolute Gasteiger partial charge is 0.367 e. The Balaban J connectivity index is 1.50. The van der Waals surface area contributed by atoms with Crippen molar-refractivity contribution < 1.29 is 9.26 Å². The molecule has 23 heavy (non-hydrogen) atoms. The molecule has 0 aromatic carbocycles. The molecule has 1 atom stereocenters. The Morgan fingerprint density at radius 2 is 2.30 bits per heavy atom. The maximum absolute atomic E-state index is 5.97. The van der Waals surface area contributed by atoms with Gasteiger partial charge in [-0.3, -0.25) is 9.58 Å². The second kappa shape index (κ2) is 7.23. The van der Waals surface area contributed by atoms with Gasteiger partial charge in [-0.1, -0.05) is 12.1 Å². The highest BCUT2D eigenvalue weighted by Gasteiger charge is 2.22. The fourth-order valence-electron chi connectivity index (χ4n) is 3.02. The predicted molar refractivity (Wildman–Crippen MR) is 84.7 cm³/mol. The maximum atomic E-state index is 5.97. The van der Waals surface area contributed by atoms with Crippen LogP contribution in [0.5, 0.6) is 0 Å². The van der Waals surface area contributed by atoms with Crippen LogP contribution in [0.15, 0.2) is 10.7 Å². The van der Waals surface area contributed by atoms with Crippen LogP contribution in [0.2, 0.25) is 0 Å². The molecule has 0 bridgehead atoms. The molecule has 1 aliphatic rings. The van der Waals surface area contributed by atoms with Crippen LogP contribution in [0.4, 0.5) is 0 Å². The summed E-state index contributed by atoms with van der Waals surface area (Å²) < 4.78 is 13.0. The predicted octanol–water partition coefficient (Wildman–Crippen LogP) is 1.86. The number of likely N-dealkylation sites (tertiary alicyclic amines) is 1. The molecule has 0 radical (unpaired) electrons. The van der Waals surface area contributed by atoms with E-state index in [1.54, 1.807) is 0 Å². The van der Waals surface area contributed by atoms with Crippen LogP contribution >= 0.6 is 0 Å². The molecule has 126 valence electrons. The molecular formula is C16H25N5O2. The van der Waals surface area contributed by atoms with E-state index in [0.717, 1.165) is 50.4 Å². The van der Waals surface area contributed by atoms with Gasteiger partial charge >= 0.3 is 0 Å². The van der Waals surface area contributed by atoms with Gasteiger partial charge in [0, 0.05) is 38.3 Å². The Morgan fingerprint density at radius 1 is 1.43 bits per heavy atom. The molecule has 3 rings (SSSR count). The number of aryl methyl sites for hydroxylation is 3. The number of piperidine rings is 1. The van der Waals surface area contributed by atoms with Crippen molar-refractivity contribution in [2.45, 2.75) is 52.4 Å². The van der Waals surface area contributed by atoms with Crippen molar-refractivity contribution in [3.63, 3.8) is 0 Å². The van der Waals surface area contributed by atoms with Crippen LogP contribution in [0, 0.1) is 6.92 Å². The van der Waals surface area contributed by atoms with Gasteiger partial charge in [0.1, 0.15) is 6.61 Å². The smallest absolute Gasteiger partial charge is 0.252 e. The quantitative estimate of drug-likeness (QED) is 0.809. The van der Waals surface area contributed by atoms with Gasteiger partial charge in [-0.15, -0.1) is 0 Å². The zero-order valence-electron chi connectivity index (χ0n) is 14.2. The highest BCUT2D eigenvalue weighted by molar-refractivity contribution is 5.15. The summed E-state index contributed by atoms with van der Waals surface area (Å²) in [5, 5.41) is 8.31. The number of hydrogen-bond donors (Lipinski definition) is 0. The molecule has 0 saturated carbocycles.